The third-order valence-electron chi connectivity index (χ3n) is 6.30. The van der Waals surface area contributed by atoms with Crippen LogP contribution in [0.5, 0.6) is 0 Å². The van der Waals surface area contributed by atoms with Gasteiger partial charge >= 0.3 is 0 Å². The van der Waals surface area contributed by atoms with E-state index >= 15 is 0 Å². The molecule has 0 bridgehead atoms. The van der Waals surface area contributed by atoms with Crippen LogP contribution in [0.15, 0.2) is 112 Å². The van der Waals surface area contributed by atoms with E-state index < -0.39 is 0 Å². The van der Waals surface area contributed by atoms with Gasteiger partial charge in [0.05, 0.1) is 0 Å². The molecule has 10 heteroatoms. The van der Waals surface area contributed by atoms with E-state index in [9.17, 15) is 0 Å². The highest BCUT2D eigenvalue weighted by molar-refractivity contribution is 6.31. The van der Waals surface area contributed by atoms with Gasteiger partial charge in [-0.15, -0.1) is 0 Å². The maximum absolute atomic E-state index is 5.93. The van der Waals surface area contributed by atoms with Crippen LogP contribution in [0.25, 0.3) is 45.4 Å². The molecule has 0 radical (unpaired) electrons. The predicted octanol–water partition coefficient (Wildman–Crippen LogP) is 9.38. The molecule has 0 aliphatic heterocycles. The number of fused-ring (bicyclic) bond motifs is 2. The van der Waals surface area contributed by atoms with Gasteiger partial charge in [0.25, 0.3) is 0 Å². The zero-order chi connectivity index (χ0) is 29.1. The molecule has 3 aromatic carbocycles. The van der Waals surface area contributed by atoms with Crippen molar-refractivity contribution in [1.82, 2.24) is 19.9 Å². The molecule has 0 aliphatic rings. The Bertz CT molecular complexity index is 1960. The fourth-order valence-corrected chi connectivity index (χ4v) is 4.58. The van der Waals surface area contributed by atoms with Gasteiger partial charge in [-0.1, -0.05) is 65.1 Å². The Labute approximate surface area is 256 Å². The highest BCUT2D eigenvalue weighted by atomic mass is 35.5. The van der Waals surface area contributed by atoms with Gasteiger partial charge in [-0.25, -0.2) is 9.97 Å². The van der Waals surface area contributed by atoms with Gasteiger partial charge in [-0.3, -0.25) is 0 Å². The number of rotatable bonds is 5. The van der Waals surface area contributed by atoms with Crippen LogP contribution in [-0.2, 0) is 6.54 Å². The normalized spacial score (nSPS) is 11.0. The molecular weight excluding hydrogens is 593 g/mol. The Morgan fingerprint density at radius 1 is 0.571 bits per heavy atom. The van der Waals surface area contributed by atoms with E-state index in [2.05, 4.69) is 37.0 Å². The molecule has 0 aliphatic carbocycles. The van der Waals surface area contributed by atoms with E-state index in [1.54, 1.807) is 24.3 Å². The third-order valence-corrected chi connectivity index (χ3v) is 7.01. The van der Waals surface area contributed by atoms with Crippen molar-refractivity contribution >= 4 is 63.1 Å². The van der Waals surface area contributed by atoms with Gasteiger partial charge in [0, 0.05) is 34.8 Å². The van der Waals surface area contributed by atoms with Gasteiger partial charge in [-0.05, 0) is 78.4 Å². The maximum atomic E-state index is 5.93. The van der Waals surface area contributed by atoms with Crippen LogP contribution >= 0.6 is 34.8 Å². The summed E-state index contributed by atoms with van der Waals surface area (Å²) < 4.78 is 11.4. The number of oxazole rings is 2. The van der Waals surface area contributed by atoms with Crippen molar-refractivity contribution in [1.29, 1.82) is 0 Å². The minimum Gasteiger partial charge on any atom is -0.418 e. The van der Waals surface area contributed by atoms with Crippen molar-refractivity contribution in [2.24, 2.45) is 0 Å². The van der Waals surface area contributed by atoms with E-state index in [4.69, 9.17) is 43.6 Å². The molecule has 7 rings (SSSR count). The molecule has 4 heterocycles. The van der Waals surface area contributed by atoms with E-state index in [-0.39, 0.29) is 0 Å². The summed E-state index contributed by atoms with van der Waals surface area (Å²) in [5.74, 6) is 1.89. The lowest BCUT2D eigenvalue weighted by molar-refractivity contribution is 0.607. The van der Waals surface area contributed by atoms with E-state index in [0.29, 0.717) is 43.9 Å². The first-order valence-corrected chi connectivity index (χ1v) is 14.0. The molecule has 208 valence electrons. The van der Waals surface area contributed by atoms with E-state index in [1.807, 2.05) is 73.8 Å². The summed E-state index contributed by atoms with van der Waals surface area (Å²) >= 11 is 17.5. The van der Waals surface area contributed by atoms with Crippen molar-refractivity contribution < 1.29 is 8.83 Å². The quantitative estimate of drug-likeness (QED) is 0.179. The second kappa shape index (κ2) is 12.2. The molecule has 42 heavy (non-hydrogen) atoms. The fraction of sp³-hybridized carbons (Fsp3) is 0.0625. The minimum atomic E-state index is 0.385. The molecule has 0 unspecified atom stereocenters. The monoisotopic (exact) mass is 613 g/mol. The van der Waals surface area contributed by atoms with Gasteiger partial charge < -0.3 is 13.7 Å². The first kappa shape index (κ1) is 27.7. The SMILES string of the molecule is CN(Cc1ccccc1)c1ccc2nc(-c3ccc(Cl)cc3)oc2n1.Clc1ccc(-c2nc3ccc(Cl)nc3o2)cc1. The van der Waals surface area contributed by atoms with Crippen molar-refractivity contribution in [3.05, 3.63) is 124 Å². The van der Waals surface area contributed by atoms with E-state index in [1.165, 1.54) is 5.56 Å². The third kappa shape index (κ3) is 6.39. The average molecular weight is 615 g/mol. The second-order valence-corrected chi connectivity index (χ2v) is 10.6. The Morgan fingerprint density at radius 2 is 1.10 bits per heavy atom. The lowest BCUT2D eigenvalue weighted by Gasteiger charge is -2.17. The Balaban J connectivity index is 0.000000162. The highest BCUT2D eigenvalue weighted by Gasteiger charge is 2.12. The molecular formula is C32H22Cl3N5O2. The molecule has 7 aromatic rings. The molecule has 0 saturated heterocycles. The molecule has 4 aromatic heterocycles. The number of halogens is 3. The smallest absolute Gasteiger partial charge is 0.249 e. The zero-order valence-corrected chi connectivity index (χ0v) is 24.5. The summed E-state index contributed by atoms with van der Waals surface area (Å²) in [7, 11) is 2.01. The zero-order valence-electron chi connectivity index (χ0n) is 22.2. The topological polar surface area (TPSA) is 81.1 Å². The van der Waals surface area contributed by atoms with Gasteiger partial charge in [0.2, 0.25) is 23.2 Å². The summed E-state index contributed by atoms with van der Waals surface area (Å²) in [6.07, 6.45) is 0. The standard InChI is InChI=1S/C20H16ClN3O.C12H6Cl2N2O/c1-24(13-14-5-3-2-4-6-14)18-12-11-17-20(23-18)25-19(22-17)15-7-9-16(21)10-8-15;13-8-3-1-7(2-4-8)11-15-9-5-6-10(14)16-12(9)17-11/h2-12H,13H2,1H3;1-6H. The Hall–Kier alpha value is -4.43. The lowest BCUT2D eigenvalue weighted by Crippen LogP contribution is -2.17. The number of hydrogen-bond acceptors (Lipinski definition) is 7. The first-order valence-electron chi connectivity index (χ1n) is 12.9. The van der Waals surface area contributed by atoms with Crippen LogP contribution in [0.1, 0.15) is 5.56 Å². The van der Waals surface area contributed by atoms with Crippen LogP contribution in [0, 0.1) is 0 Å². The van der Waals surface area contributed by atoms with Crippen LogP contribution in [0.3, 0.4) is 0 Å². The Morgan fingerprint density at radius 3 is 1.67 bits per heavy atom. The largest absolute Gasteiger partial charge is 0.418 e. The first-order chi connectivity index (χ1) is 20.4. The van der Waals surface area contributed by atoms with Crippen LogP contribution in [-0.4, -0.2) is 27.0 Å². The number of benzene rings is 3. The fourth-order valence-electron chi connectivity index (χ4n) is 4.18. The summed E-state index contributed by atoms with van der Waals surface area (Å²) in [6.45, 7) is 0.775. The summed E-state index contributed by atoms with van der Waals surface area (Å²) in [4.78, 5) is 19.6. The minimum absolute atomic E-state index is 0.385. The van der Waals surface area contributed by atoms with E-state index in [0.717, 1.165) is 29.0 Å². The molecule has 0 atom stereocenters. The van der Waals surface area contributed by atoms with Crippen molar-refractivity contribution in [3.63, 3.8) is 0 Å². The van der Waals surface area contributed by atoms with Gasteiger partial charge in [0.15, 0.2) is 0 Å². The van der Waals surface area contributed by atoms with Crippen molar-refractivity contribution in [2.75, 3.05) is 11.9 Å². The number of nitrogens with zero attached hydrogens (tertiary/aromatic N) is 5. The number of aromatic nitrogens is 4. The van der Waals surface area contributed by atoms with Crippen molar-refractivity contribution in [3.8, 4) is 22.9 Å². The summed E-state index contributed by atoms with van der Waals surface area (Å²) in [5.41, 5.74) is 5.34. The molecule has 0 amide bonds. The number of anilines is 1. The average Bonchev–Trinajstić information content (AvgIpc) is 3.62. The molecule has 0 N–H and O–H groups in total. The Kier molecular flexibility index (Phi) is 8.06. The van der Waals surface area contributed by atoms with Crippen LogP contribution in [0.4, 0.5) is 5.82 Å². The summed E-state index contributed by atoms with van der Waals surface area (Å²) in [6, 6.07) is 32.3. The molecule has 7 nitrogen and oxygen atoms in total. The van der Waals surface area contributed by atoms with Crippen molar-refractivity contribution in [2.45, 2.75) is 6.54 Å². The predicted molar refractivity (Wildman–Crippen MR) is 168 cm³/mol. The molecule has 0 fully saturated rings. The number of pyridine rings is 2. The maximum Gasteiger partial charge on any atom is 0.249 e. The van der Waals surface area contributed by atoms with Gasteiger partial charge in [0.1, 0.15) is 22.0 Å². The lowest BCUT2D eigenvalue weighted by atomic mass is 10.2. The summed E-state index contributed by atoms with van der Waals surface area (Å²) in [5, 5.41) is 1.74. The highest BCUT2D eigenvalue weighted by Crippen LogP contribution is 2.27. The second-order valence-electron chi connectivity index (χ2n) is 9.35. The number of hydrogen-bond donors (Lipinski definition) is 0. The molecule has 0 spiro atoms. The van der Waals surface area contributed by atoms with Crippen LogP contribution in [0.2, 0.25) is 15.2 Å². The van der Waals surface area contributed by atoms with Crippen LogP contribution < -0.4 is 4.90 Å². The molecule has 0 saturated carbocycles. The van der Waals surface area contributed by atoms with Gasteiger partial charge in [-0.2, -0.15) is 9.97 Å².